The maximum Gasteiger partial charge on any atom is 0.269 e. The Hall–Kier alpha value is -2.32. The Kier molecular flexibility index (Phi) is 5.41. The second-order valence-electron chi connectivity index (χ2n) is 4.67. The SMILES string of the molecule is Cc1cc(Br)ccc1NC(=S)NC(=O)c1ccc([N+](=O)[O-])cc1. The monoisotopic (exact) mass is 393 g/mol. The second-order valence-corrected chi connectivity index (χ2v) is 6.00. The number of carbonyl (C=O) groups is 1. The topological polar surface area (TPSA) is 84.3 Å². The van der Waals surface area contributed by atoms with Crippen LogP contribution in [0.3, 0.4) is 0 Å². The zero-order valence-electron chi connectivity index (χ0n) is 12.0. The molecule has 0 aromatic heterocycles. The fraction of sp³-hybridized carbons (Fsp3) is 0.0667. The van der Waals surface area contributed by atoms with Gasteiger partial charge in [-0.25, -0.2) is 0 Å². The number of thiocarbonyl (C=S) groups is 1. The minimum Gasteiger partial charge on any atom is -0.332 e. The van der Waals surface area contributed by atoms with E-state index in [-0.39, 0.29) is 16.4 Å². The first kappa shape index (κ1) is 17.0. The zero-order chi connectivity index (χ0) is 17.0. The highest BCUT2D eigenvalue weighted by molar-refractivity contribution is 9.10. The van der Waals surface area contributed by atoms with Crippen LogP contribution in [0.2, 0.25) is 0 Å². The quantitative estimate of drug-likeness (QED) is 0.470. The Morgan fingerprint density at radius 3 is 2.43 bits per heavy atom. The maximum atomic E-state index is 12.0. The molecule has 0 aliphatic heterocycles. The van der Waals surface area contributed by atoms with Gasteiger partial charge < -0.3 is 5.32 Å². The van der Waals surface area contributed by atoms with Gasteiger partial charge in [0.1, 0.15) is 0 Å². The molecule has 0 saturated carbocycles. The molecule has 0 atom stereocenters. The summed E-state index contributed by atoms with van der Waals surface area (Å²) in [6.07, 6.45) is 0. The standard InChI is InChI=1S/C15H12BrN3O3S/c1-9-8-11(16)4-7-13(9)17-15(23)18-14(20)10-2-5-12(6-3-10)19(21)22/h2-8H,1H3,(H2,17,18,20,23). The Morgan fingerprint density at radius 2 is 1.87 bits per heavy atom. The fourth-order valence-corrected chi connectivity index (χ4v) is 2.51. The van der Waals surface area contributed by atoms with E-state index in [0.29, 0.717) is 0 Å². The summed E-state index contributed by atoms with van der Waals surface area (Å²) in [7, 11) is 0. The largest absolute Gasteiger partial charge is 0.332 e. The molecule has 8 heteroatoms. The average Bonchev–Trinajstić information content (AvgIpc) is 2.50. The second kappa shape index (κ2) is 7.30. The molecule has 2 rings (SSSR count). The van der Waals surface area contributed by atoms with Gasteiger partial charge in [-0.1, -0.05) is 15.9 Å². The van der Waals surface area contributed by atoms with Crippen molar-refractivity contribution in [3.8, 4) is 0 Å². The number of aryl methyl sites for hydroxylation is 1. The van der Waals surface area contributed by atoms with Crippen LogP contribution < -0.4 is 10.6 Å². The molecular formula is C15H12BrN3O3S. The van der Waals surface area contributed by atoms with Gasteiger partial charge in [0.2, 0.25) is 0 Å². The van der Waals surface area contributed by atoms with Crippen molar-refractivity contribution in [2.45, 2.75) is 6.92 Å². The third-order valence-electron chi connectivity index (χ3n) is 3.00. The summed E-state index contributed by atoms with van der Waals surface area (Å²) < 4.78 is 0.946. The van der Waals surface area contributed by atoms with Crippen molar-refractivity contribution in [3.05, 3.63) is 68.2 Å². The number of non-ortho nitro benzene ring substituents is 1. The van der Waals surface area contributed by atoms with E-state index < -0.39 is 10.8 Å². The summed E-state index contributed by atoms with van der Waals surface area (Å²) in [6, 6.07) is 10.9. The van der Waals surface area contributed by atoms with Crippen LogP contribution in [0, 0.1) is 17.0 Å². The van der Waals surface area contributed by atoms with Crippen molar-refractivity contribution in [1.29, 1.82) is 0 Å². The van der Waals surface area contributed by atoms with Crippen molar-refractivity contribution < 1.29 is 9.72 Å². The van der Waals surface area contributed by atoms with Crippen molar-refractivity contribution >= 4 is 50.5 Å². The van der Waals surface area contributed by atoms with E-state index in [0.717, 1.165) is 15.7 Å². The van der Waals surface area contributed by atoms with E-state index in [2.05, 4.69) is 26.6 Å². The van der Waals surface area contributed by atoms with Gasteiger partial charge in [0.15, 0.2) is 5.11 Å². The molecule has 2 aromatic carbocycles. The van der Waals surface area contributed by atoms with Gasteiger partial charge in [-0.3, -0.25) is 20.2 Å². The molecule has 0 aliphatic carbocycles. The lowest BCUT2D eigenvalue weighted by Crippen LogP contribution is -2.34. The molecule has 2 aromatic rings. The molecule has 2 N–H and O–H groups in total. The molecule has 0 radical (unpaired) electrons. The van der Waals surface area contributed by atoms with Crippen LogP contribution in [-0.4, -0.2) is 15.9 Å². The van der Waals surface area contributed by atoms with E-state index in [9.17, 15) is 14.9 Å². The lowest BCUT2D eigenvalue weighted by Gasteiger charge is -2.12. The van der Waals surface area contributed by atoms with Gasteiger partial charge in [-0.2, -0.15) is 0 Å². The van der Waals surface area contributed by atoms with Crippen LogP contribution in [-0.2, 0) is 0 Å². The van der Waals surface area contributed by atoms with Crippen LogP contribution >= 0.6 is 28.1 Å². The number of anilines is 1. The summed E-state index contributed by atoms with van der Waals surface area (Å²) in [5.41, 5.74) is 1.95. The summed E-state index contributed by atoms with van der Waals surface area (Å²) in [5, 5.41) is 16.2. The van der Waals surface area contributed by atoms with Gasteiger partial charge in [-0.15, -0.1) is 0 Å². The minimum atomic E-state index is -0.524. The van der Waals surface area contributed by atoms with Crippen molar-refractivity contribution in [1.82, 2.24) is 5.32 Å². The van der Waals surface area contributed by atoms with E-state index >= 15 is 0 Å². The summed E-state index contributed by atoms with van der Waals surface area (Å²) in [5.74, 6) is -0.438. The van der Waals surface area contributed by atoms with Gasteiger partial charge in [0, 0.05) is 27.9 Å². The van der Waals surface area contributed by atoms with Crippen LogP contribution in [0.5, 0.6) is 0 Å². The molecule has 0 aliphatic rings. The molecule has 0 saturated heterocycles. The molecule has 0 heterocycles. The highest BCUT2D eigenvalue weighted by atomic mass is 79.9. The number of amides is 1. The molecule has 6 nitrogen and oxygen atoms in total. The lowest BCUT2D eigenvalue weighted by atomic mass is 10.2. The van der Waals surface area contributed by atoms with Crippen LogP contribution in [0.4, 0.5) is 11.4 Å². The van der Waals surface area contributed by atoms with Crippen LogP contribution in [0.25, 0.3) is 0 Å². The Bertz CT molecular complexity index is 778. The smallest absolute Gasteiger partial charge is 0.269 e. The van der Waals surface area contributed by atoms with Gasteiger partial charge in [0.05, 0.1) is 4.92 Å². The molecule has 0 spiro atoms. The third-order valence-corrected chi connectivity index (χ3v) is 3.70. The maximum absolute atomic E-state index is 12.0. The highest BCUT2D eigenvalue weighted by Crippen LogP contribution is 2.20. The Labute approximate surface area is 146 Å². The van der Waals surface area contributed by atoms with E-state index in [1.165, 1.54) is 24.3 Å². The number of rotatable bonds is 3. The van der Waals surface area contributed by atoms with E-state index in [4.69, 9.17) is 12.2 Å². The van der Waals surface area contributed by atoms with Crippen LogP contribution in [0.15, 0.2) is 46.9 Å². The number of hydrogen-bond donors (Lipinski definition) is 2. The predicted molar refractivity (Wildman–Crippen MR) is 95.7 cm³/mol. The predicted octanol–water partition coefficient (Wildman–Crippen LogP) is 3.79. The molecular weight excluding hydrogens is 382 g/mol. The molecule has 0 fully saturated rings. The number of nitrogens with zero attached hydrogens (tertiary/aromatic N) is 1. The fourth-order valence-electron chi connectivity index (χ4n) is 1.83. The first-order valence-electron chi connectivity index (χ1n) is 6.50. The molecule has 0 bridgehead atoms. The number of nitro benzene ring substituents is 1. The van der Waals surface area contributed by atoms with Crippen molar-refractivity contribution in [3.63, 3.8) is 0 Å². The molecule has 23 heavy (non-hydrogen) atoms. The third kappa shape index (κ3) is 4.57. The number of halogens is 1. The number of carbonyl (C=O) groups excluding carboxylic acids is 1. The first-order valence-corrected chi connectivity index (χ1v) is 7.70. The minimum absolute atomic E-state index is 0.0762. The number of nitro groups is 1. The molecule has 1 amide bonds. The van der Waals surface area contributed by atoms with Crippen molar-refractivity contribution in [2.75, 3.05) is 5.32 Å². The average molecular weight is 394 g/mol. The van der Waals surface area contributed by atoms with Gasteiger partial charge >= 0.3 is 0 Å². The normalized spacial score (nSPS) is 10.0. The zero-order valence-corrected chi connectivity index (χ0v) is 14.4. The Balaban J connectivity index is 2.01. The van der Waals surface area contributed by atoms with Gasteiger partial charge in [-0.05, 0) is 55.0 Å². The molecule has 0 unspecified atom stereocenters. The Morgan fingerprint density at radius 1 is 1.22 bits per heavy atom. The number of hydrogen-bond acceptors (Lipinski definition) is 4. The summed E-state index contributed by atoms with van der Waals surface area (Å²) in [4.78, 5) is 22.1. The van der Waals surface area contributed by atoms with Gasteiger partial charge in [0.25, 0.3) is 11.6 Å². The summed E-state index contributed by atoms with van der Waals surface area (Å²) >= 11 is 8.48. The van der Waals surface area contributed by atoms with Crippen LogP contribution in [0.1, 0.15) is 15.9 Å². The first-order chi connectivity index (χ1) is 10.9. The number of benzene rings is 2. The lowest BCUT2D eigenvalue weighted by molar-refractivity contribution is -0.384. The summed E-state index contributed by atoms with van der Waals surface area (Å²) in [6.45, 7) is 1.91. The van der Waals surface area contributed by atoms with E-state index in [1.54, 1.807) is 0 Å². The highest BCUT2D eigenvalue weighted by Gasteiger charge is 2.11. The van der Waals surface area contributed by atoms with Crippen molar-refractivity contribution in [2.24, 2.45) is 0 Å². The number of nitrogens with one attached hydrogen (secondary N) is 2. The molecule has 118 valence electrons. The van der Waals surface area contributed by atoms with E-state index in [1.807, 2.05) is 25.1 Å².